The van der Waals surface area contributed by atoms with Gasteiger partial charge in [-0.05, 0) is 35.7 Å². The number of nitrogens with one attached hydrogen (secondary N) is 1. The number of benzene rings is 2. The van der Waals surface area contributed by atoms with E-state index in [4.69, 9.17) is 21.1 Å². The van der Waals surface area contributed by atoms with E-state index >= 15 is 0 Å². The van der Waals surface area contributed by atoms with Gasteiger partial charge in [-0.3, -0.25) is 0 Å². The molecule has 2 aromatic carbocycles. The Hall–Kier alpha value is -3.39. The lowest BCUT2D eigenvalue weighted by Crippen LogP contribution is -2.16. The van der Waals surface area contributed by atoms with Gasteiger partial charge in [0.1, 0.15) is 36.1 Å². The van der Waals surface area contributed by atoms with Gasteiger partial charge in [0.25, 0.3) is 0 Å². The number of hydrogen-bond acceptors (Lipinski definition) is 6. The monoisotopic (exact) mass is 459 g/mol. The zero-order valence-electron chi connectivity index (χ0n) is 17.6. The van der Waals surface area contributed by atoms with E-state index in [9.17, 15) is 14.3 Å². The standard InChI is InChI=1S/C23H23ClFN3O4/c1-14(2)15-3-5-16(6-4-15)31-10-9-26-23-27-12-18(22(29)30)21(28-23)13-32-17-7-8-20(25)19(24)11-17/h3-8,11-12,14H,9-10,13H2,1-2H3,(H,29,30)(H,26,27,28). The van der Waals surface area contributed by atoms with Crippen LogP contribution in [0, 0.1) is 5.82 Å². The molecule has 0 radical (unpaired) electrons. The molecular formula is C23H23ClFN3O4. The minimum absolute atomic E-state index is 0.0924. The number of ether oxygens (including phenoxy) is 2. The summed E-state index contributed by atoms with van der Waals surface area (Å²) in [5.41, 5.74) is 1.31. The summed E-state index contributed by atoms with van der Waals surface area (Å²) >= 11 is 5.74. The van der Waals surface area contributed by atoms with E-state index in [1.54, 1.807) is 0 Å². The van der Waals surface area contributed by atoms with Crippen LogP contribution in [0.3, 0.4) is 0 Å². The third-order valence-electron chi connectivity index (χ3n) is 4.57. The molecule has 0 atom stereocenters. The van der Waals surface area contributed by atoms with Crippen molar-refractivity contribution in [3.05, 3.63) is 76.3 Å². The second kappa shape index (κ2) is 10.8. The quantitative estimate of drug-likeness (QED) is 0.404. The largest absolute Gasteiger partial charge is 0.492 e. The number of rotatable bonds is 10. The van der Waals surface area contributed by atoms with Gasteiger partial charge in [-0.1, -0.05) is 37.6 Å². The second-order valence-electron chi connectivity index (χ2n) is 7.22. The Balaban J connectivity index is 1.58. The lowest BCUT2D eigenvalue weighted by Gasteiger charge is -2.12. The Kier molecular flexibility index (Phi) is 7.83. The van der Waals surface area contributed by atoms with Gasteiger partial charge in [0, 0.05) is 12.3 Å². The Morgan fingerprint density at radius 2 is 1.88 bits per heavy atom. The fourth-order valence-corrected chi connectivity index (χ4v) is 2.96. The number of halogens is 2. The molecule has 0 saturated heterocycles. The minimum atomic E-state index is -1.18. The van der Waals surface area contributed by atoms with Crippen LogP contribution in [-0.4, -0.2) is 34.2 Å². The number of nitrogens with zero attached hydrogens (tertiary/aromatic N) is 2. The molecule has 7 nitrogen and oxygen atoms in total. The van der Waals surface area contributed by atoms with Crippen LogP contribution in [0.4, 0.5) is 10.3 Å². The highest BCUT2D eigenvalue weighted by Crippen LogP contribution is 2.22. The fraction of sp³-hybridized carbons (Fsp3) is 0.261. The maximum Gasteiger partial charge on any atom is 0.339 e. The summed E-state index contributed by atoms with van der Waals surface area (Å²) in [4.78, 5) is 19.7. The van der Waals surface area contributed by atoms with Crippen molar-refractivity contribution >= 4 is 23.5 Å². The van der Waals surface area contributed by atoms with Gasteiger partial charge < -0.3 is 19.9 Å². The van der Waals surface area contributed by atoms with Gasteiger partial charge in [-0.15, -0.1) is 0 Å². The van der Waals surface area contributed by atoms with E-state index < -0.39 is 11.8 Å². The van der Waals surface area contributed by atoms with Gasteiger partial charge in [0.15, 0.2) is 0 Å². The number of carbonyl (C=O) groups is 1. The third-order valence-corrected chi connectivity index (χ3v) is 4.86. The van der Waals surface area contributed by atoms with E-state index in [0.29, 0.717) is 19.1 Å². The first-order valence-corrected chi connectivity index (χ1v) is 10.3. The lowest BCUT2D eigenvalue weighted by molar-refractivity contribution is 0.0692. The summed E-state index contributed by atoms with van der Waals surface area (Å²) in [7, 11) is 0. The average Bonchev–Trinajstić information content (AvgIpc) is 2.77. The van der Waals surface area contributed by atoms with E-state index in [-0.39, 0.29) is 34.6 Å². The average molecular weight is 460 g/mol. The maximum absolute atomic E-state index is 13.3. The van der Waals surface area contributed by atoms with Crippen LogP contribution in [0.1, 0.15) is 41.4 Å². The highest BCUT2D eigenvalue weighted by atomic mass is 35.5. The molecule has 1 aromatic heterocycles. The Bertz CT molecular complexity index is 1080. The molecule has 0 bridgehead atoms. The van der Waals surface area contributed by atoms with Crippen LogP contribution >= 0.6 is 11.6 Å². The van der Waals surface area contributed by atoms with Gasteiger partial charge in [-0.2, -0.15) is 0 Å². The van der Waals surface area contributed by atoms with Crippen molar-refractivity contribution in [1.29, 1.82) is 0 Å². The summed E-state index contributed by atoms with van der Waals surface area (Å²) < 4.78 is 24.5. The molecule has 0 fully saturated rings. The Morgan fingerprint density at radius 3 is 2.53 bits per heavy atom. The Morgan fingerprint density at radius 1 is 1.16 bits per heavy atom. The first-order valence-electron chi connectivity index (χ1n) is 9.97. The van der Waals surface area contributed by atoms with Crippen molar-refractivity contribution in [3.8, 4) is 11.5 Å². The first-order chi connectivity index (χ1) is 15.3. The molecule has 1 heterocycles. The normalized spacial score (nSPS) is 10.8. The highest BCUT2D eigenvalue weighted by Gasteiger charge is 2.15. The van der Waals surface area contributed by atoms with Crippen molar-refractivity contribution in [1.82, 2.24) is 9.97 Å². The zero-order valence-corrected chi connectivity index (χ0v) is 18.4. The van der Waals surface area contributed by atoms with E-state index in [2.05, 4.69) is 29.1 Å². The molecule has 0 aliphatic heterocycles. The molecule has 0 unspecified atom stereocenters. The zero-order chi connectivity index (χ0) is 23.1. The van der Waals surface area contributed by atoms with Crippen LogP contribution < -0.4 is 14.8 Å². The molecule has 0 amide bonds. The maximum atomic E-state index is 13.3. The summed E-state index contributed by atoms with van der Waals surface area (Å²) in [6.07, 6.45) is 1.21. The van der Waals surface area contributed by atoms with Gasteiger partial charge in [0.2, 0.25) is 5.95 Å². The van der Waals surface area contributed by atoms with Crippen molar-refractivity contribution in [3.63, 3.8) is 0 Å². The van der Waals surface area contributed by atoms with Crippen LogP contribution in [0.15, 0.2) is 48.7 Å². The van der Waals surface area contributed by atoms with E-state index in [1.165, 1.54) is 30.0 Å². The Labute approximate surface area is 190 Å². The number of aromatic carboxylic acids is 1. The summed E-state index contributed by atoms with van der Waals surface area (Å²) in [6, 6.07) is 11.8. The van der Waals surface area contributed by atoms with Crippen molar-refractivity contribution in [2.24, 2.45) is 0 Å². The summed E-state index contributed by atoms with van der Waals surface area (Å²) in [5, 5.41) is 12.3. The molecule has 2 N–H and O–H groups in total. The van der Waals surface area contributed by atoms with Crippen LogP contribution in [0.5, 0.6) is 11.5 Å². The molecule has 0 aliphatic rings. The number of anilines is 1. The van der Waals surface area contributed by atoms with Crippen molar-refractivity contribution in [2.45, 2.75) is 26.4 Å². The number of hydrogen-bond donors (Lipinski definition) is 2. The molecule has 32 heavy (non-hydrogen) atoms. The summed E-state index contributed by atoms with van der Waals surface area (Å²) in [6.45, 7) is 4.88. The molecule has 3 rings (SSSR count). The van der Waals surface area contributed by atoms with Crippen molar-refractivity contribution in [2.75, 3.05) is 18.5 Å². The molecule has 9 heteroatoms. The van der Waals surface area contributed by atoms with Gasteiger partial charge in [0.05, 0.1) is 17.3 Å². The predicted octanol–water partition coefficient (Wildman–Crippen LogP) is 5.16. The smallest absolute Gasteiger partial charge is 0.339 e. The minimum Gasteiger partial charge on any atom is -0.492 e. The molecule has 0 aliphatic carbocycles. The number of aromatic nitrogens is 2. The molecule has 0 saturated carbocycles. The highest BCUT2D eigenvalue weighted by molar-refractivity contribution is 6.30. The lowest BCUT2D eigenvalue weighted by atomic mass is 10.0. The van der Waals surface area contributed by atoms with Crippen molar-refractivity contribution < 1.29 is 23.8 Å². The first kappa shape index (κ1) is 23.3. The molecule has 0 spiro atoms. The third kappa shape index (κ3) is 6.31. The van der Waals surface area contributed by atoms with Crippen LogP contribution in [-0.2, 0) is 6.61 Å². The van der Waals surface area contributed by atoms with E-state index in [1.807, 2.05) is 24.3 Å². The summed E-state index contributed by atoms with van der Waals surface area (Å²) in [5.74, 6) is -0.0141. The fourth-order valence-electron chi connectivity index (χ4n) is 2.79. The molecular weight excluding hydrogens is 437 g/mol. The van der Waals surface area contributed by atoms with Crippen LogP contribution in [0.25, 0.3) is 0 Å². The molecule has 168 valence electrons. The number of carboxylic acid groups (broad SMARTS) is 1. The number of carboxylic acids is 1. The van der Waals surface area contributed by atoms with E-state index in [0.717, 1.165) is 5.75 Å². The SMILES string of the molecule is CC(C)c1ccc(OCCNc2ncc(C(=O)O)c(COc3ccc(F)c(Cl)c3)n2)cc1. The van der Waals surface area contributed by atoms with Gasteiger partial charge >= 0.3 is 5.97 Å². The second-order valence-corrected chi connectivity index (χ2v) is 7.63. The topological polar surface area (TPSA) is 93.6 Å². The predicted molar refractivity (Wildman–Crippen MR) is 119 cm³/mol. The molecule has 3 aromatic rings. The van der Waals surface area contributed by atoms with Gasteiger partial charge in [-0.25, -0.2) is 19.2 Å². The van der Waals surface area contributed by atoms with Crippen LogP contribution in [0.2, 0.25) is 5.02 Å².